The van der Waals surface area contributed by atoms with Gasteiger partial charge in [0.2, 0.25) is 5.91 Å². The summed E-state index contributed by atoms with van der Waals surface area (Å²) in [6.07, 6.45) is 2.91. The van der Waals surface area contributed by atoms with Crippen molar-refractivity contribution in [1.82, 2.24) is 16.2 Å². The molecule has 0 unspecified atom stereocenters. The minimum atomic E-state index is -0.473. The second-order valence-corrected chi connectivity index (χ2v) is 8.72. The minimum Gasteiger partial charge on any atom is -0.496 e. The zero-order valence-corrected chi connectivity index (χ0v) is 21.3. The molecule has 3 N–H and O–H groups in total. The Hall–Kier alpha value is -2.95. The quantitative estimate of drug-likeness (QED) is 0.222. The zero-order valence-electron chi connectivity index (χ0n) is 17.4. The molecule has 0 radical (unpaired) electrons. The number of methoxy groups -OCH3 is 1. The summed E-state index contributed by atoms with van der Waals surface area (Å²) in [6, 6.07) is 16.8. The molecule has 0 saturated heterocycles. The number of hydrogen-bond acceptors (Lipinski definition) is 5. The van der Waals surface area contributed by atoms with Gasteiger partial charge in [0, 0.05) is 16.1 Å². The van der Waals surface area contributed by atoms with Crippen molar-refractivity contribution in [2.75, 3.05) is 13.7 Å². The van der Waals surface area contributed by atoms with Crippen LogP contribution in [-0.2, 0) is 9.59 Å². The van der Waals surface area contributed by atoms with E-state index < -0.39 is 11.8 Å². The van der Waals surface area contributed by atoms with Crippen LogP contribution in [0.5, 0.6) is 11.5 Å². The van der Waals surface area contributed by atoms with Gasteiger partial charge in [-0.1, -0.05) is 46.3 Å². The van der Waals surface area contributed by atoms with Gasteiger partial charge in [-0.15, -0.1) is 0 Å². The summed E-state index contributed by atoms with van der Waals surface area (Å²) in [7, 11) is 1.55. The molecule has 0 aliphatic carbocycles. The lowest BCUT2D eigenvalue weighted by atomic mass is 10.1. The summed E-state index contributed by atoms with van der Waals surface area (Å²) in [5.41, 5.74) is 5.59. The minimum absolute atomic E-state index is 0.0597. The zero-order chi connectivity index (χ0) is 23.8. The topological polar surface area (TPSA) is 88.7 Å². The highest BCUT2D eigenvalue weighted by Gasteiger charge is 2.10. The summed E-state index contributed by atoms with van der Waals surface area (Å²) < 4.78 is 12.5. The predicted octanol–water partition coefficient (Wildman–Crippen LogP) is 4.49. The number of amides is 2. The Morgan fingerprint density at radius 3 is 2.61 bits per heavy atom. The summed E-state index contributed by atoms with van der Waals surface area (Å²) in [5, 5.41) is 4.36. The number of ether oxygens (including phenoxy) is 2. The molecule has 7 nitrogen and oxygen atoms in total. The van der Waals surface area contributed by atoms with Gasteiger partial charge in [0.25, 0.3) is 5.91 Å². The molecule has 3 aromatic rings. The largest absolute Gasteiger partial charge is 0.496 e. The van der Waals surface area contributed by atoms with E-state index >= 15 is 0 Å². The number of rotatable bonds is 6. The van der Waals surface area contributed by atoms with Crippen LogP contribution in [0.3, 0.4) is 0 Å². The maximum atomic E-state index is 12.1. The maximum absolute atomic E-state index is 12.1. The van der Waals surface area contributed by atoms with E-state index in [0.29, 0.717) is 11.5 Å². The molecule has 0 saturated carbocycles. The highest BCUT2D eigenvalue weighted by Crippen LogP contribution is 2.34. The first-order valence-corrected chi connectivity index (χ1v) is 11.6. The first-order valence-electron chi connectivity index (χ1n) is 9.59. The van der Waals surface area contributed by atoms with Crippen molar-refractivity contribution >= 4 is 77.9 Å². The summed E-state index contributed by atoms with van der Waals surface area (Å²) in [4.78, 5) is 24.1. The second-order valence-electron chi connectivity index (χ2n) is 6.60. The monoisotopic (exact) mass is 591 g/mol. The Bertz CT molecular complexity index is 1230. The molecule has 3 rings (SSSR count). The molecule has 2 amide bonds. The van der Waals surface area contributed by atoms with Gasteiger partial charge in [0.05, 0.1) is 11.6 Å². The lowest BCUT2D eigenvalue weighted by Crippen LogP contribution is -2.49. The van der Waals surface area contributed by atoms with Gasteiger partial charge in [-0.25, -0.2) is 0 Å². The lowest BCUT2D eigenvalue weighted by molar-refractivity contribution is -0.123. The molecule has 170 valence electrons. The molecule has 0 heterocycles. The molecule has 0 spiro atoms. The molecule has 0 aliphatic rings. The Kier molecular flexibility index (Phi) is 8.81. The molecule has 33 heavy (non-hydrogen) atoms. The van der Waals surface area contributed by atoms with Gasteiger partial charge in [0.1, 0.15) is 11.5 Å². The number of fused-ring (bicyclic) bond motifs is 1. The molecule has 0 bridgehead atoms. The van der Waals surface area contributed by atoms with Crippen LogP contribution in [0, 0.1) is 0 Å². The number of nitrogens with one attached hydrogen (secondary N) is 3. The lowest BCUT2D eigenvalue weighted by Gasteiger charge is -2.12. The summed E-state index contributed by atoms with van der Waals surface area (Å²) in [5.74, 6) is 0.229. The van der Waals surface area contributed by atoms with Crippen molar-refractivity contribution in [2.45, 2.75) is 0 Å². The van der Waals surface area contributed by atoms with E-state index in [1.54, 1.807) is 25.3 Å². The van der Waals surface area contributed by atoms with Crippen LogP contribution in [0.15, 0.2) is 69.6 Å². The first-order chi connectivity index (χ1) is 15.9. The van der Waals surface area contributed by atoms with Crippen molar-refractivity contribution in [3.05, 3.63) is 75.2 Å². The van der Waals surface area contributed by atoms with E-state index in [4.69, 9.17) is 21.7 Å². The van der Waals surface area contributed by atoms with Crippen molar-refractivity contribution in [3.63, 3.8) is 0 Å². The average Bonchev–Trinajstić information content (AvgIpc) is 2.81. The standard InChI is InChI=1S/C23H19Br2N3O4S/c1-31-18-5-3-2-4-14(18)7-11-20(29)26-23(33)28-27-21(30)13-32-19-10-6-15-12-16(24)8-9-17(15)22(19)25/h2-12H,13H2,1H3,(H,27,30)(H2,26,28,29,33). The van der Waals surface area contributed by atoms with E-state index in [1.165, 1.54) is 6.08 Å². The fraction of sp³-hybridized carbons (Fsp3) is 0.0870. The third-order valence-corrected chi connectivity index (χ3v) is 5.86. The number of halogens is 2. The van der Waals surface area contributed by atoms with Gasteiger partial charge in [-0.05, 0) is 69.3 Å². The van der Waals surface area contributed by atoms with E-state index in [2.05, 4.69) is 48.0 Å². The molecule has 3 aromatic carbocycles. The average molecular weight is 593 g/mol. The predicted molar refractivity (Wildman–Crippen MR) is 139 cm³/mol. The number of para-hydroxylation sites is 1. The van der Waals surface area contributed by atoms with Gasteiger partial charge < -0.3 is 9.47 Å². The van der Waals surface area contributed by atoms with Crippen LogP contribution in [-0.4, -0.2) is 30.6 Å². The van der Waals surface area contributed by atoms with Crippen LogP contribution in [0.1, 0.15) is 5.56 Å². The Labute approximate surface area is 212 Å². The van der Waals surface area contributed by atoms with E-state index in [-0.39, 0.29) is 11.7 Å². The molecular formula is C23H19Br2N3O4S. The van der Waals surface area contributed by atoms with E-state index in [0.717, 1.165) is 25.3 Å². The van der Waals surface area contributed by atoms with Crippen LogP contribution in [0.2, 0.25) is 0 Å². The number of carbonyl (C=O) groups is 2. The molecular weight excluding hydrogens is 574 g/mol. The number of benzene rings is 3. The van der Waals surface area contributed by atoms with E-state index in [1.807, 2.05) is 42.5 Å². The van der Waals surface area contributed by atoms with Gasteiger partial charge in [-0.3, -0.25) is 25.8 Å². The molecule has 0 aliphatic heterocycles. The third-order valence-electron chi connectivity index (χ3n) is 4.34. The number of thiocarbonyl (C=S) groups is 1. The van der Waals surface area contributed by atoms with Crippen molar-refractivity contribution in [1.29, 1.82) is 0 Å². The number of carbonyl (C=O) groups excluding carboxylic acids is 2. The number of hydrogen-bond donors (Lipinski definition) is 3. The summed E-state index contributed by atoms with van der Waals surface area (Å²) in [6.45, 7) is -0.252. The fourth-order valence-electron chi connectivity index (χ4n) is 2.81. The molecule has 10 heteroatoms. The smallest absolute Gasteiger partial charge is 0.276 e. The van der Waals surface area contributed by atoms with Gasteiger partial charge in [0.15, 0.2) is 11.7 Å². The third kappa shape index (κ3) is 7.01. The maximum Gasteiger partial charge on any atom is 0.276 e. The highest BCUT2D eigenvalue weighted by atomic mass is 79.9. The molecule has 0 fully saturated rings. The van der Waals surface area contributed by atoms with Crippen LogP contribution in [0.25, 0.3) is 16.8 Å². The fourth-order valence-corrected chi connectivity index (χ4v) is 3.95. The normalized spacial score (nSPS) is 10.6. The molecule has 0 aromatic heterocycles. The van der Waals surface area contributed by atoms with Crippen LogP contribution >= 0.6 is 44.1 Å². The highest BCUT2D eigenvalue weighted by molar-refractivity contribution is 9.11. The van der Waals surface area contributed by atoms with Crippen molar-refractivity contribution in [3.8, 4) is 11.5 Å². The first kappa shape index (κ1) is 24.7. The Morgan fingerprint density at radius 1 is 1.03 bits per heavy atom. The van der Waals surface area contributed by atoms with Gasteiger partial charge >= 0.3 is 0 Å². The van der Waals surface area contributed by atoms with E-state index in [9.17, 15) is 9.59 Å². The van der Waals surface area contributed by atoms with Gasteiger partial charge in [-0.2, -0.15) is 0 Å². The second kappa shape index (κ2) is 11.8. The molecule has 0 atom stereocenters. The Balaban J connectivity index is 1.46. The van der Waals surface area contributed by atoms with Crippen molar-refractivity contribution in [2.24, 2.45) is 0 Å². The number of hydrazine groups is 1. The van der Waals surface area contributed by atoms with Crippen LogP contribution in [0.4, 0.5) is 0 Å². The summed E-state index contributed by atoms with van der Waals surface area (Å²) >= 11 is 12.0. The van der Waals surface area contributed by atoms with Crippen LogP contribution < -0.4 is 25.6 Å². The Morgan fingerprint density at radius 2 is 1.82 bits per heavy atom. The SMILES string of the molecule is COc1ccccc1C=CC(=O)NC(=S)NNC(=O)COc1ccc2cc(Br)ccc2c1Br. The van der Waals surface area contributed by atoms with Crippen molar-refractivity contribution < 1.29 is 19.1 Å².